The number of phosphoric acid groups is 2. The lowest BCUT2D eigenvalue weighted by Gasteiger charge is -2.32. The Morgan fingerprint density at radius 1 is 0.414 bits per heavy atom. The van der Waals surface area contributed by atoms with Gasteiger partial charge in [-0.2, -0.15) is 0 Å². The molecule has 4 aliphatic rings. The predicted octanol–water partition coefficient (Wildman–Crippen LogP) is -10.4. The molecule has 0 saturated carbocycles. The summed E-state index contributed by atoms with van der Waals surface area (Å²) >= 11 is 0. The van der Waals surface area contributed by atoms with E-state index in [-0.39, 0.29) is 101 Å². The molecule has 16 atom stereocenters. The molecular weight excluding hydrogens is 1520 g/mol. The number of benzene rings is 2. The number of carboxylic acids is 1. The Hall–Kier alpha value is -9.44. The van der Waals surface area contributed by atoms with Crippen molar-refractivity contribution in [1.82, 2.24) is 67.5 Å². The van der Waals surface area contributed by atoms with Crippen molar-refractivity contribution in [2.75, 3.05) is 65.8 Å². The summed E-state index contributed by atoms with van der Waals surface area (Å²) in [7, 11) is -10.9. The molecule has 47 heteroatoms. The maximum Gasteiger partial charge on any atom is 0.469 e. The second kappa shape index (κ2) is 41.2. The molecule has 4 heterocycles. The van der Waals surface area contributed by atoms with Crippen LogP contribution in [0.1, 0.15) is 76.3 Å². The fourth-order valence-electron chi connectivity index (χ4n) is 12.7. The molecule has 111 heavy (non-hydrogen) atoms. The number of aliphatic carboxylic acids is 1. The van der Waals surface area contributed by atoms with Crippen molar-refractivity contribution in [1.29, 1.82) is 0 Å². The van der Waals surface area contributed by atoms with Gasteiger partial charge < -0.3 is 139 Å². The average Bonchev–Trinajstić information content (AvgIpc) is 1.75. The first kappa shape index (κ1) is 90.4. The molecule has 0 spiro atoms. The molecule has 0 aliphatic carbocycles. The number of likely N-dealkylation sites (tertiary alicyclic amines) is 4. The van der Waals surface area contributed by atoms with Gasteiger partial charge in [-0.1, -0.05) is 24.3 Å². The number of hydrogen-bond acceptors (Lipinski definition) is 27. The van der Waals surface area contributed by atoms with E-state index < -0.39 is 241 Å². The third-order valence-electron chi connectivity index (χ3n) is 18.5. The number of phenols is 2. The maximum atomic E-state index is 14.5. The Morgan fingerprint density at radius 2 is 0.703 bits per heavy atom. The van der Waals surface area contributed by atoms with Crippen LogP contribution in [0.5, 0.6) is 11.5 Å². The first-order valence-electron chi connectivity index (χ1n) is 34.9. The molecule has 0 aromatic heterocycles. The predicted molar refractivity (Wildman–Crippen MR) is 373 cm³/mol. The van der Waals surface area contributed by atoms with Crippen LogP contribution in [0.3, 0.4) is 0 Å². The lowest BCUT2D eigenvalue weighted by atomic mass is 10.0. The Balaban J connectivity index is 1.12. The zero-order chi connectivity index (χ0) is 82.5. The number of phenolic OH excluding ortho intramolecular Hbond substituents is 2. The van der Waals surface area contributed by atoms with Crippen LogP contribution in [-0.4, -0.2) is 331 Å². The summed E-state index contributed by atoms with van der Waals surface area (Å²) < 4.78 is 33.0. The highest BCUT2D eigenvalue weighted by molar-refractivity contribution is 7.46. The minimum atomic E-state index is -5.48. The summed E-state index contributed by atoms with van der Waals surface area (Å²) in [6.07, 6.45) is -4.26. The van der Waals surface area contributed by atoms with E-state index >= 15 is 0 Å². The van der Waals surface area contributed by atoms with Crippen molar-refractivity contribution >= 4 is 98.4 Å². The minimum absolute atomic E-state index is 0.0177. The number of carbonyl (C=O) groups is 14. The van der Waals surface area contributed by atoms with E-state index in [2.05, 4.69) is 51.6 Å². The third kappa shape index (κ3) is 25.8. The van der Waals surface area contributed by atoms with E-state index in [1.807, 2.05) is 5.32 Å². The Bertz CT molecular complexity index is 3780. The van der Waals surface area contributed by atoms with Crippen LogP contribution in [0.15, 0.2) is 48.5 Å². The minimum Gasteiger partial charge on any atom is -0.508 e. The summed E-state index contributed by atoms with van der Waals surface area (Å²) in [4.78, 5) is 235. The molecule has 4 saturated heterocycles. The first-order valence-corrected chi connectivity index (χ1v) is 38.0. The molecule has 4 fully saturated rings. The highest BCUT2D eigenvalue weighted by Gasteiger charge is 2.47. The zero-order valence-corrected chi connectivity index (χ0v) is 61.7. The molecular formula is C64H94N14O31P2. The van der Waals surface area contributed by atoms with E-state index in [0.717, 1.165) is 33.4 Å². The Morgan fingerprint density at radius 3 is 1.03 bits per heavy atom. The highest BCUT2D eigenvalue weighted by Crippen LogP contribution is 2.37. The van der Waals surface area contributed by atoms with E-state index in [1.165, 1.54) is 48.5 Å². The van der Waals surface area contributed by atoms with Crippen molar-refractivity contribution in [2.24, 2.45) is 5.73 Å². The van der Waals surface area contributed by atoms with Crippen LogP contribution in [0.4, 0.5) is 0 Å². The number of carboxylic acid groups (broad SMARTS) is 1. The lowest BCUT2D eigenvalue weighted by molar-refractivity contribution is -0.146. The first-order chi connectivity index (χ1) is 52.2. The number of nitrogens with zero attached hydrogens (tertiary/aromatic N) is 4. The van der Waals surface area contributed by atoms with Crippen LogP contribution in [0.25, 0.3) is 0 Å². The fraction of sp³-hybridized carbons (Fsp3) is 0.594. The number of rotatable bonds is 39. The summed E-state index contributed by atoms with van der Waals surface area (Å²) in [5.41, 5.74) is 6.83. The number of aliphatic hydroxyl groups excluding tert-OH is 6. The monoisotopic (exact) mass is 1620 g/mol. The molecule has 0 bridgehead atoms. The van der Waals surface area contributed by atoms with Crippen LogP contribution in [-0.2, 0) is 98.1 Å². The van der Waals surface area contributed by atoms with Gasteiger partial charge in [0.1, 0.15) is 90.0 Å². The molecule has 0 unspecified atom stereocenters. The van der Waals surface area contributed by atoms with Gasteiger partial charge in [-0.05, 0) is 107 Å². The molecule has 4 aliphatic heterocycles. The number of aliphatic hydroxyl groups is 6. The lowest BCUT2D eigenvalue weighted by Crippen LogP contribution is -2.63. The van der Waals surface area contributed by atoms with E-state index in [1.54, 1.807) is 0 Å². The summed E-state index contributed by atoms with van der Waals surface area (Å²) in [6, 6.07) is -13.8. The van der Waals surface area contributed by atoms with Crippen LogP contribution >= 0.6 is 15.6 Å². The van der Waals surface area contributed by atoms with Gasteiger partial charge in [0.25, 0.3) is 0 Å². The molecule has 13 amide bonds. The fourth-order valence-corrected chi connectivity index (χ4v) is 13.4. The van der Waals surface area contributed by atoms with Crippen molar-refractivity contribution in [3.8, 4) is 11.5 Å². The van der Waals surface area contributed by atoms with Gasteiger partial charge in [0.15, 0.2) is 0 Å². The van der Waals surface area contributed by atoms with Gasteiger partial charge in [0, 0.05) is 32.6 Å². The third-order valence-corrected chi connectivity index (χ3v) is 19.4. The van der Waals surface area contributed by atoms with Crippen molar-refractivity contribution in [2.45, 2.75) is 175 Å². The molecule has 45 nitrogen and oxygen atoms in total. The van der Waals surface area contributed by atoms with Gasteiger partial charge in [-0.15, -0.1) is 0 Å². The number of nitrogens with two attached hydrogens (primary N) is 1. The summed E-state index contributed by atoms with van der Waals surface area (Å²) in [5.74, 6) is -17.0. The number of aromatic hydroxyl groups is 2. The number of phosphoric ester groups is 2. The normalized spacial score (nSPS) is 20.4. The number of hydrogen-bond donors (Lipinski definition) is 23. The van der Waals surface area contributed by atoms with Gasteiger partial charge in [0.05, 0.1) is 57.9 Å². The van der Waals surface area contributed by atoms with Crippen molar-refractivity contribution in [3.63, 3.8) is 0 Å². The second-order valence-corrected chi connectivity index (χ2v) is 29.1. The van der Waals surface area contributed by atoms with Crippen LogP contribution in [0, 0.1) is 0 Å². The van der Waals surface area contributed by atoms with Gasteiger partial charge in [-0.25, -0.2) is 13.9 Å². The van der Waals surface area contributed by atoms with E-state index in [4.69, 9.17) is 5.73 Å². The highest BCUT2D eigenvalue weighted by atomic mass is 31.2. The average molecular weight is 1620 g/mol. The van der Waals surface area contributed by atoms with Crippen molar-refractivity contribution in [3.05, 3.63) is 59.7 Å². The van der Waals surface area contributed by atoms with Crippen molar-refractivity contribution < 1.29 is 151 Å². The molecule has 2 aromatic rings. The quantitative estimate of drug-likeness (QED) is 0.0276. The SMILES string of the molecule is C[C@@H](O)[C@H](NC(=O)[C@@H]1CCCN1C(=O)[C@H](CO)NC(=O)[C@H](Cc1ccc(O)cc1)NC(=O)[C@H](CO)NC(=O)[C@@H]1CCCN1C(=O)[C@H](COP(=O)(O)O)NC(=O)[C@@H](NC(=O)[C@@H]1CCCN1C(=O)[C@H](CO)NC(=O)[C@@H](N)Cc1ccc(O)cc1)[C@@H](C)O)C(=O)N[C@@H](COP(=O)(O)O)C(=O)N1CCC[C@H]1C(=O)N[C@@H](CO)C(=O)O. The number of amides is 13. The Kier molecular flexibility index (Phi) is 33.6. The standard InChI is InChI=1S/C64H94N14O31P2/c1-31(83)49(73-56(92)47-9-5-19-75(47)60(96)40(26-80)68-51(87)37(65)23-33-11-15-35(85)16-12-33)58(94)71-43(29-108-110(102,103)104)62(98)77-21-3-7-45(77)54(90)67-39(25-79)53(89)66-38(24-34-13-17-36(86)18-14-34)52(88)69-41(27-81)61(97)76-20-6-10-48(76)57(93)74-50(32(2)84)59(95)72-44(30-109-111(105,106)107)63(99)78-22-4-8-46(78)55(91)70-42(28-82)64(100)101/h11-18,31-32,37-50,79-86H,3-10,19-30,65H2,1-2H3,(H,66,89)(H,67,90)(H,68,87)(H,69,88)(H,70,91)(H,71,94)(H,72,95)(H,73,92)(H,74,93)(H,100,101)(H2,102,103,104)(H2,105,106,107)/t31-,32-,37+,38+,39+,40+,41+,42+,43+,44+,45+,46+,47+,48+,49+,50+/m1/s1. The molecule has 2 aromatic carbocycles. The number of carbonyl (C=O) groups excluding carboxylic acids is 13. The van der Waals surface area contributed by atoms with Gasteiger partial charge >= 0.3 is 21.6 Å². The van der Waals surface area contributed by atoms with E-state index in [0.29, 0.717) is 5.56 Å². The van der Waals surface area contributed by atoms with Gasteiger partial charge in [0.2, 0.25) is 76.8 Å². The molecule has 616 valence electrons. The second-order valence-electron chi connectivity index (χ2n) is 26.6. The van der Waals surface area contributed by atoms with Gasteiger partial charge in [-0.3, -0.25) is 71.4 Å². The smallest absolute Gasteiger partial charge is 0.469 e. The molecule has 0 radical (unpaired) electrons. The summed E-state index contributed by atoms with van der Waals surface area (Å²) in [5, 5.41) is 112. The largest absolute Gasteiger partial charge is 0.508 e. The maximum absolute atomic E-state index is 14.5. The number of nitrogens with one attached hydrogen (secondary N) is 9. The van der Waals surface area contributed by atoms with Crippen LogP contribution in [0.2, 0.25) is 0 Å². The van der Waals surface area contributed by atoms with E-state index in [9.17, 15) is 142 Å². The zero-order valence-electron chi connectivity index (χ0n) is 59.9. The Labute approximate surface area is 632 Å². The summed E-state index contributed by atoms with van der Waals surface area (Å²) in [6.45, 7) is -5.82. The van der Waals surface area contributed by atoms with Crippen LogP contribution < -0.4 is 53.6 Å². The topological polar surface area (TPSA) is 702 Å². The molecule has 6 rings (SSSR count). The molecule has 24 N–H and O–H groups in total.